The summed E-state index contributed by atoms with van der Waals surface area (Å²) in [7, 11) is 0. The number of halogens is 3. The molecular formula is C59H64Cl2FN9O8. The molecule has 1 atom stereocenters. The van der Waals surface area contributed by atoms with E-state index in [4.69, 9.17) is 42.6 Å². The molecule has 0 saturated carbocycles. The van der Waals surface area contributed by atoms with Gasteiger partial charge in [-0.2, -0.15) is 4.98 Å². The van der Waals surface area contributed by atoms with Crippen LogP contribution in [0.4, 0.5) is 26.6 Å². The highest BCUT2D eigenvalue weighted by Gasteiger charge is 2.39. The van der Waals surface area contributed by atoms with Gasteiger partial charge in [-0.15, -0.1) is 6.58 Å². The number of anilines is 3. The van der Waals surface area contributed by atoms with Crippen LogP contribution < -0.4 is 30.9 Å². The van der Waals surface area contributed by atoms with Gasteiger partial charge in [-0.05, 0) is 117 Å². The first-order valence-corrected chi connectivity index (χ1v) is 26.8. The number of piperidine rings is 1. The molecule has 1 aromatic heterocycles. The van der Waals surface area contributed by atoms with Gasteiger partial charge in [0.2, 0.25) is 23.7 Å². The lowest BCUT2D eigenvalue weighted by Crippen LogP contribution is -2.52. The average molecular weight is 1120 g/mol. The number of ether oxygens (including phenoxy) is 2. The maximum atomic E-state index is 17.1. The highest BCUT2D eigenvalue weighted by atomic mass is 35.5. The second-order valence-corrected chi connectivity index (χ2v) is 21.6. The molecule has 414 valence electrons. The minimum Gasteiger partial charge on any atom is -0.508 e. The third-order valence-electron chi connectivity index (χ3n) is 13.8. The van der Waals surface area contributed by atoms with Crippen molar-refractivity contribution in [2.75, 3.05) is 54.9 Å². The third kappa shape index (κ3) is 13.7. The Balaban J connectivity index is 0.00000268. The molecule has 5 aromatic carbocycles. The summed E-state index contributed by atoms with van der Waals surface area (Å²) in [5, 5.41) is 24.2. The number of amides is 6. The summed E-state index contributed by atoms with van der Waals surface area (Å²) in [6.45, 7) is 19.4. The number of phenols is 1. The summed E-state index contributed by atoms with van der Waals surface area (Å²) in [4.78, 5) is 77.5. The first kappa shape index (κ1) is 57.4. The van der Waals surface area contributed by atoms with Gasteiger partial charge in [0.1, 0.15) is 34.5 Å². The van der Waals surface area contributed by atoms with Crippen molar-refractivity contribution >= 4 is 92.0 Å². The maximum absolute atomic E-state index is 17.1. The predicted molar refractivity (Wildman–Crippen MR) is 306 cm³/mol. The van der Waals surface area contributed by atoms with Crippen molar-refractivity contribution in [2.24, 2.45) is 0 Å². The molecule has 3 aliphatic heterocycles. The largest absolute Gasteiger partial charge is 0.508 e. The molecule has 2 fully saturated rings. The number of rotatable bonds is 17. The number of hydrogen-bond donors (Lipinski definition) is 5. The predicted octanol–water partition coefficient (Wildman–Crippen LogP) is 10.6. The molecule has 6 amide bonds. The van der Waals surface area contributed by atoms with Crippen molar-refractivity contribution in [3.05, 3.63) is 137 Å². The van der Waals surface area contributed by atoms with Crippen molar-refractivity contribution in [3.8, 4) is 22.6 Å². The summed E-state index contributed by atoms with van der Waals surface area (Å²) in [6, 6.07) is 21.1. The number of urea groups is 1. The van der Waals surface area contributed by atoms with E-state index in [9.17, 15) is 29.1 Å². The molecule has 5 N–H and O–H groups in total. The Morgan fingerprint density at radius 1 is 0.911 bits per heavy atom. The van der Waals surface area contributed by atoms with E-state index in [1.807, 2.05) is 69.9 Å². The SMILES string of the molecule is C=CC.C=CC(=O)N1CCN(c2nc(NCCC(C)(C)OCCC(C)(C)Oc3cc(Cl)cc(NC(=O)NCc4ccc5c(c4)CN(C4CCC(=O)NC4=O)C5=O)c3)nc3c(F)c(-c4cc(O)cc5ccccc45)c(Cl)cc23)CC1. The number of hydrogen-bond acceptors (Lipinski definition) is 12. The van der Waals surface area contributed by atoms with Gasteiger partial charge in [0.25, 0.3) is 5.91 Å². The van der Waals surface area contributed by atoms with Gasteiger partial charge in [-0.25, -0.2) is 14.2 Å². The van der Waals surface area contributed by atoms with Crippen LogP contribution in [0.2, 0.25) is 10.0 Å². The summed E-state index contributed by atoms with van der Waals surface area (Å²) in [6.07, 6.45) is 4.47. The van der Waals surface area contributed by atoms with Crippen LogP contribution in [0.15, 0.2) is 104 Å². The van der Waals surface area contributed by atoms with E-state index in [2.05, 4.69) is 34.4 Å². The highest BCUT2D eigenvalue weighted by Crippen LogP contribution is 2.43. The monoisotopic (exact) mass is 1120 g/mol. The van der Waals surface area contributed by atoms with Gasteiger partial charge >= 0.3 is 6.03 Å². The number of phenolic OH excluding ortho intramolecular Hbond substituents is 1. The smallest absolute Gasteiger partial charge is 0.319 e. The van der Waals surface area contributed by atoms with Crippen LogP contribution in [0, 0.1) is 5.82 Å². The van der Waals surface area contributed by atoms with Crippen molar-refractivity contribution < 1.29 is 42.9 Å². The van der Waals surface area contributed by atoms with Crippen LogP contribution in [0.3, 0.4) is 0 Å². The Bertz CT molecular complexity index is 3370. The zero-order valence-corrected chi connectivity index (χ0v) is 46.3. The quantitative estimate of drug-likeness (QED) is 0.0328. The molecule has 3 aliphatic rings. The number of fused-ring (bicyclic) bond motifs is 3. The van der Waals surface area contributed by atoms with Gasteiger partial charge in [0.15, 0.2) is 5.82 Å². The Kier molecular flexibility index (Phi) is 17.8. The van der Waals surface area contributed by atoms with Crippen LogP contribution in [0.1, 0.15) is 81.8 Å². The van der Waals surface area contributed by atoms with E-state index in [0.29, 0.717) is 96.3 Å². The molecule has 0 radical (unpaired) electrons. The van der Waals surface area contributed by atoms with E-state index in [1.54, 1.807) is 53.4 Å². The number of aromatic hydroxyl groups is 1. The first-order chi connectivity index (χ1) is 37.7. The zero-order valence-electron chi connectivity index (χ0n) is 44.8. The maximum Gasteiger partial charge on any atom is 0.319 e. The second kappa shape index (κ2) is 24.5. The van der Waals surface area contributed by atoms with Gasteiger partial charge in [0.05, 0.1) is 17.2 Å². The van der Waals surface area contributed by atoms with Crippen LogP contribution in [-0.4, -0.2) is 111 Å². The molecule has 17 nitrogen and oxygen atoms in total. The molecule has 0 bridgehead atoms. The fourth-order valence-electron chi connectivity index (χ4n) is 9.80. The van der Waals surface area contributed by atoms with Crippen LogP contribution in [-0.2, 0) is 32.2 Å². The van der Waals surface area contributed by atoms with Gasteiger partial charge < -0.3 is 45.2 Å². The molecule has 20 heteroatoms. The molecule has 0 aliphatic carbocycles. The minimum absolute atomic E-state index is 0.0355. The average Bonchev–Trinajstić information content (AvgIpc) is 3.88. The van der Waals surface area contributed by atoms with Gasteiger partial charge in [-0.3, -0.25) is 24.5 Å². The number of benzene rings is 5. The second-order valence-electron chi connectivity index (χ2n) is 20.7. The Morgan fingerprint density at radius 3 is 2.39 bits per heavy atom. The summed E-state index contributed by atoms with van der Waals surface area (Å²) in [5.74, 6) is -0.883. The number of carbonyl (C=O) groups excluding carboxylic acids is 5. The molecule has 79 heavy (non-hydrogen) atoms. The van der Waals surface area contributed by atoms with E-state index in [0.717, 1.165) is 16.5 Å². The van der Waals surface area contributed by atoms with Crippen molar-refractivity contribution in [3.63, 3.8) is 0 Å². The standard InChI is InChI=1S/C56H58Cl2FN9O8.C3H6/c1-6-46(71)66-18-20-67(21-19-66)50-42-29-43(58)47(41-28-37(69)24-33-9-7-8-10-39(33)41)48(59)49(42)64-53(65-50)60-17-15-55(2,3)75-22-16-56(4,5)76-38-26-35(57)25-36(27-38)62-54(74)61-30-32-11-12-40-34(23-32)31-68(52(40)73)44-13-14-45(70)63-51(44)72;1-3-2/h6-12,23-29,44,69H,1,13-22,30-31H2,2-5H3,(H,60,64,65)(H2,61,62,74)(H,63,70,72);3H,1H2,2H3. The van der Waals surface area contributed by atoms with E-state index < -0.39 is 35.0 Å². The fourth-order valence-corrected chi connectivity index (χ4v) is 10.3. The van der Waals surface area contributed by atoms with Crippen molar-refractivity contribution in [1.82, 2.24) is 30.4 Å². The lowest BCUT2D eigenvalue weighted by molar-refractivity contribution is -0.137. The summed E-state index contributed by atoms with van der Waals surface area (Å²) >= 11 is 13.4. The highest BCUT2D eigenvalue weighted by molar-refractivity contribution is 6.35. The molecule has 6 aromatic rings. The molecule has 9 rings (SSSR count). The number of nitrogens with zero attached hydrogens (tertiary/aromatic N) is 5. The molecule has 1 unspecified atom stereocenters. The minimum atomic E-state index is -0.725. The van der Waals surface area contributed by atoms with Crippen LogP contribution in [0.5, 0.6) is 11.5 Å². The normalized spacial score (nSPS) is 15.5. The Labute approximate surface area is 468 Å². The van der Waals surface area contributed by atoms with E-state index in [1.165, 1.54) is 17.0 Å². The van der Waals surface area contributed by atoms with Crippen molar-refractivity contribution in [2.45, 2.75) is 90.6 Å². The lowest BCUT2D eigenvalue weighted by atomic mass is 9.96. The Morgan fingerprint density at radius 2 is 1.66 bits per heavy atom. The van der Waals surface area contributed by atoms with Gasteiger partial charge in [-0.1, -0.05) is 72.3 Å². The fraction of sp³-hybridized carbons (Fsp3) is 0.339. The number of imide groups is 1. The summed E-state index contributed by atoms with van der Waals surface area (Å²) in [5.41, 5.74) is 1.58. The number of carbonyl (C=O) groups is 5. The molecule has 4 heterocycles. The number of allylic oxidation sites excluding steroid dienone is 1. The van der Waals surface area contributed by atoms with Crippen LogP contribution in [0.25, 0.3) is 32.8 Å². The molecule has 0 spiro atoms. The first-order valence-electron chi connectivity index (χ1n) is 26.0. The van der Waals surface area contributed by atoms with E-state index >= 15 is 4.39 Å². The Hall–Kier alpha value is -7.80. The number of aromatic nitrogens is 2. The topological polar surface area (TPSA) is 208 Å². The zero-order chi connectivity index (χ0) is 56.8. The number of nitrogens with one attached hydrogen (secondary N) is 4. The summed E-state index contributed by atoms with van der Waals surface area (Å²) < 4.78 is 29.9. The third-order valence-corrected chi connectivity index (χ3v) is 14.3. The van der Waals surface area contributed by atoms with Gasteiger partial charge in [0, 0.05) is 91.9 Å². The van der Waals surface area contributed by atoms with Crippen molar-refractivity contribution in [1.29, 1.82) is 0 Å². The number of piperazine rings is 1. The van der Waals surface area contributed by atoms with Crippen LogP contribution >= 0.6 is 23.2 Å². The molecule has 2 saturated heterocycles. The molecular weight excluding hydrogens is 1050 g/mol. The van der Waals surface area contributed by atoms with E-state index in [-0.39, 0.29) is 71.5 Å². The lowest BCUT2D eigenvalue weighted by Gasteiger charge is -2.35.